The number of halogens is 1. The summed E-state index contributed by atoms with van der Waals surface area (Å²) >= 11 is 0. The molecule has 6 aromatic rings. The summed E-state index contributed by atoms with van der Waals surface area (Å²) in [5.74, 6) is 3.77. The van der Waals surface area contributed by atoms with Crippen molar-refractivity contribution in [3.8, 4) is 23.8 Å². The number of ether oxygens (including phenoxy) is 2. The summed E-state index contributed by atoms with van der Waals surface area (Å²) in [7, 11) is 3.13. The van der Waals surface area contributed by atoms with Crippen molar-refractivity contribution in [2.75, 3.05) is 25.3 Å². The molecule has 0 radical (unpaired) electrons. The van der Waals surface area contributed by atoms with Crippen LogP contribution in [0.5, 0.6) is 11.5 Å². The second-order valence-corrected chi connectivity index (χ2v) is 7.45. The monoisotopic (exact) mass is 426 g/mol. The summed E-state index contributed by atoms with van der Waals surface area (Å²) in [5, 5.41) is 6.66. The first kappa shape index (κ1) is 19.6. The highest BCUT2D eigenvalue weighted by atomic mass is 19.1. The van der Waals surface area contributed by atoms with Crippen molar-refractivity contribution in [2.24, 2.45) is 0 Å². The molecule has 0 unspecified atom stereocenters. The lowest BCUT2D eigenvalue weighted by Crippen LogP contribution is -2.06. The molecule has 0 atom stereocenters. The van der Waals surface area contributed by atoms with Gasteiger partial charge in [-0.3, -0.25) is 0 Å². The van der Waals surface area contributed by atoms with Crippen molar-refractivity contribution < 1.29 is 13.9 Å². The Morgan fingerprint density at radius 1 is 1.00 bits per heavy atom. The van der Waals surface area contributed by atoms with E-state index in [1.165, 1.54) is 6.07 Å². The number of aryl methyl sites for hydroxylation is 1. The Morgan fingerprint density at radius 2 is 1.75 bits per heavy atom. The van der Waals surface area contributed by atoms with Crippen LogP contribution in [0.3, 0.4) is 0 Å². The lowest BCUT2D eigenvalue weighted by molar-refractivity contribution is 0.362. The highest BCUT2D eigenvalue weighted by molar-refractivity contribution is 6.34. The molecule has 0 saturated carbocycles. The fraction of sp³-hybridized carbons (Fsp3) is 0.120. The molecule has 0 spiro atoms. The van der Waals surface area contributed by atoms with Gasteiger partial charge in [0.25, 0.3) is 0 Å². The van der Waals surface area contributed by atoms with Gasteiger partial charge in [0.05, 0.1) is 36.2 Å². The molecular weight excluding hydrogens is 407 g/mol. The van der Waals surface area contributed by atoms with Crippen molar-refractivity contribution in [3.05, 3.63) is 53.3 Å². The van der Waals surface area contributed by atoms with Gasteiger partial charge >= 0.3 is 0 Å². The first-order chi connectivity index (χ1) is 15.5. The lowest BCUT2D eigenvalue weighted by atomic mass is 9.90. The molecule has 2 bridgehead atoms. The summed E-state index contributed by atoms with van der Waals surface area (Å²) in [6.07, 6.45) is 5.80. The van der Waals surface area contributed by atoms with Crippen LogP contribution in [0.15, 0.2) is 36.4 Å². The van der Waals surface area contributed by atoms with E-state index in [1.54, 1.807) is 26.4 Å². The maximum absolute atomic E-state index is 14.3. The molecule has 1 aromatic heterocycles. The van der Waals surface area contributed by atoms with Crippen molar-refractivity contribution >= 4 is 49.9 Å². The van der Waals surface area contributed by atoms with Crippen molar-refractivity contribution in [3.63, 3.8) is 0 Å². The minimum atomic E-state index is -0.418. The second kappa shape index (κ2) is 7.13. The number of nitrogens with zero attached hydrogens (tertiary/aromatic N) is 2. The molecule has 7 heteroatoms. The van der Waals surface area contributed by atoms with E-state index < -0.39 is 5.82 Å². The largest absolute Gasteiger partial charge is 0.492 e. The summed E-state index contributed by atoms with van der Waals surface area (Å²) < 4.78 is 25.7. The van der Waals surface area contributed by atoms with E-state index in [0.717, 1.165) is 16.3 Å². The number of nitrogen functional groups attached to an aromatic ring is 1. The van der Waals surface area contributed by atoms with Gasteiger partial charge in [-0.15, -0.1) is 6.42 Å². The minimum absolute atomic E-state index is 0.167. The van der Waals surface area contributed by atoms with E-state index in [1.807, 2.05) is 25.1 Å². The number of nitrogens with one attached hydrogen (secondary N) is 1. The van der Waals surface area contributed by atoms with E-state index in [4.69, 9.17) is 26.6 Å². The van der Waals surface area contributed by atoms with E-state index >= 15 is 0 Å². The molecule has 6 nitrogen and oxygen atoms in total. The number of terminal acetylenes is 1. The molecule has 0 aliphatic carbocycles. The molecule has 5 aromatic carbocycles. The lowest BCUT2D eigenvalue weighted by Gasteiger charge is -2.22. The van der Waals surface area contributed by atoms with Gasteiger partial charge in [-0.1, -0.05) is 24.1 Å². The number of methoxy groups -OCH3 is 2. The van der Waals surface area contributed by atoms with Gasteiger partial charge < -0.3 is 20.5 Å². The Labute approximate surface area is 183 Å². The van der Waals surface area contributed by atoms with E-state index in [-0.39, 0.29) is 17.5 Å². The molecule has 0 aliphatic rings. The Hall–Kier alpha value is -4.31. The van der Waals surface area contributed by atoms with Crippen LogP contribution in [0.1, 0.15) is 11.1 Å². The van der Waals surface area contributed by atoms with Crippen molar-refractivity contribution in [2.45, 2.75) is 6.92 Å². The summed E-state index contributed by atoms with van der Waals surface area (Å²) in [6, 6.07) is 10.4. The van der Waals surface area contributed by atoms with Crippen LogP contribution in [0.25, 0.3) is 32.4 Å². The molecule has 0 amide bonds. The van der Waals surface area contributed by atoms with Gasteiger partial charge in [0.1, 0.15) is 11.6 Å². The topological polar surface area (TPSA) is 82.3 Å². The van der Waals surface area contributed by atoms with Gasteiger partial charge in [-0.25, -0.2) is 9.37 Å². The quantitative estimate of drug-likeness (QED) is 0.306. The van der Waals surface area contributed by atoms with Crippen LogP contribution < -0.4 is 20.5 Å². The van der Waals surface area contributed by atoms with E-state index in [9.17, 15) is 4.39 Å². The second-order valence-electron chi connectivity index (χ2n) is 7.45. The minimum Gasteiger partial charge on any atom is -0.492 e. The molecule has 32 heavy (non-hydrogen) atoms. The first-order valence-electron chi connectivity index (χ1n) is 9.87. The zero-order valence-corrected chi connectivity index (χ0v) is 17.7. The third kappa shape index (κ3) is 2.66. The van der Waals surface area contributed by atoms with Gasteiger partial charge in [-0.05, 0) is 36.1 Å². The SMILES string of the molecule is C#Cc1cccc2c3c(OC)c(OC)c(c4nc(Nc5cc(C)ccc5F)nc(N)c43)c12. The highest BCUT2D eigenvalue weighted by Crippen LogP contribution is 2.52. The average molecular weight is 426 g/mol. The van der Waals surface area contributed by atoms with Crippen LogP contribution in [-0.4, -0.2) is 24.2 Å². The fourth-order valence-electron chi connectivity index (χ4n) is 4.29. The van der Waals surface area contributed by atoms with Crippen LogP contribution in [-0.2, 0) is 0 Å². The van der Waals surface area contributed by atoms with Gasteiger partial charge in [0.2, 0.25) is 5.95 Å². The average Bonchev–Trinajstić information content (AvgIpc) is 2.80. The Morgan fingerprint density at radius 3 is 2.47 bits per heavy atom. The molecule has 6 rings (SSSR count). The number of hydrogen-bond acceptors (Lipinski definition) is 6. The van der Waals surface area contributed by atoms with Gasteiger partial charge in [0, 0.05) is 16.3 Å². The van der Waals surface area contributed by atoms with E-state index in [2.05, 4.69) is 16.2 Å². The molecule has 158 valence electrons. The smallest absolute Gasteiger partial charge is 0.229 e. The predicted octanol–water partition coefficient (Wildman–Crippen LogP) is 5.15. The molecule has 0 saturated heterocycles. The zero-order chi connectivity index (χ0) is 22.6. The Kier molecular flexibility index (Phi) is 4.38. The van der Waals surface area contributed by atoms with Crippen LogP contribution in [0, 0.1) is 25.1 Å². The summed E-state index contributed by atoms with van der Waals surface area (Å²) in [6.45, 7) is 1.87. The number of aromatic nitrogens is 2. The molecule has 0 aliphatic heterocycles. The fourth-order valence-corrected chi connectivity index (χ4v) is 4.29. The van der Waals surface area contributed by atoms with Gasteiger partial charge in [0.15, 0.2) is 11.5 Å². The maximum Gasteiger partial charge on any atom is 0.229 e. The third-order valence-electron chi connectivity index (χ3n) is 5.60. The van der Waals surface area contributed by atoms with E-state index in [0.29, 0.717) is 38.7 Å². The summed E-state index contributed by atoms with van der Waals surface area (Å²) in [5.41, 5.74) is 8.80. The van der Waals surface area contributed by atoms with Gasteiger partial charge in [-0.2, -0.15) is 4.98 Å². The number of rotatable bonds is 4. The molecule has 0 fully saturated rings. The third-order valence-corrected chi connectivity index (χ3v) is 5.60. The van der Waals surface area contributed by atoms with Crippen molar-refractivity contribution in [1.29, 1.82) is 0 Å². The zero-order valence-electron chi connectivity index (χ0n) is 17.7. The van der Waals surface area contributed by atoms with Crippen molar-refractivity contribution in [1.82, 2.24) is 9.97 Å². The standard InChI is InChI=1S/C25H19FN4O2/c1-5-13-7-6-8-14-17(13)19-21-20(18(14)22(31-3)23(19)32-4)24(27)30-25(29-21)28-16-11-12(2)9-10-15(16)26/h1,6-11H,2-4H3,(H3,27,28,29,30). The number of benzene rings is 5. The number of fused-ring (bicyclic) bond motifs is 1. The molecular formula is C25H19FN4O2. The normalized spacial score (nSPS) is 11.2. The summed E-state index contributed by atoms with van der Waals surface area (Å²) in [4.78, 5) is 9.10. The highest BCUT2D eigenvalue weighted by Gasteiger charge is 2.27. The number of anilines is 3. The first-order valence-corrected chi connectivity index (χ1v) is 9.87. The predicted molar refractivity (Wildman–Crippen MR) is 126 cm³/mol. The Balaban J connectivity index is 1.90. The van der Waals surface area contributed by atoms with Crippen LogP contribution >= 0.6 is 0 Å². The molecule has 3 N–H and O–H groups in total. The Bertz CT molecular complexity index is 1570. The number of nitrogens with two attached hydrogens (primary N) is 1. The molecule has 1 heterocycles. The van der Waals surface area contributed by atoms with Crippen LogP contribution in [0.4, 0.5) is 21.8 Å². The number of hydrogen-bond donors (Lipinski definition) is 2. The van der Waals surface area contributed by atoms with Crippen LogP contribution in [0.2, 0.25) is 0 Å². The maximum atomic E-state index is 14.3.